The zero-order valence-electron chi connectivity index (χ0n) is 10.4. The average Bonchev–Trinajstić information content (AvgIpc) is 2.25. The van der Waals surface area contributed by atoms with Crippen molar-refractivity contribution >= 4 is 23.1 Å². The van der Waals surface area contributed by atoms with Crippen LogP contribution in [0.1, 0.15) is 39.0 Å². The number of carbonyl (C=O) groups excluding carboxylic acids is 1. The van der Waals surface area contributed by atoms with Gasteiger partial charge in [0.05, 0.1) is 4.99 Å². The summed E-state index contributed by atoms with van der Waals surface area (Å²) in [5.74, 6) is 0.550. The molecular formula is C12H21N3OS. The Morgan fingerprint density at radius 3 is 2.41 bits per heavy atom. The van der Waals surface area contributed by atoms with Crippen molar-refractivity contribution in [3.05, 3.63) is 0 Å². The van der Waals surface area contributed by atoms with Gasteiger partial charge in [0.15, 0.2) is 0 Å². The number of hydrogen-bond donors (Lipinski definition) is 2. The molecule has 0 unspecified atom stereocenters. The number of amides is 1. The Balaban J connectivity index is 1.95. The van der Waals surface area contributed by atoms with E-state index < -0.39 is 5.41 Å². The van der Waals surface area contributed by atoms with Gasteiger partial charge in [-0.3, -0.25) is 10.2 Å². The number of carbonyl (C=O) groups is 1. The first-order chi connectivity index (χ1) is 8.04. The third-order valence-electron chi connectivity index (χ3n) is 3.92. The van der Waals surface area contributed by atoms with Crippen LogP contribution in [0.15, 0.2) is 0 Å². The molecule has 1 aliphatic carbocycles. The van der Waals surface area contributed by atoms with Gasteiger partial charge in [-0.1, -0.05) is 25.6 Å². The van der Waals surface area contributed by atoms with Crippen molar-refractivity contribution in [1.29, 1.82) is 0 Å². The maximum atomic E-state index is 12.3. The number of nitrogens with one attached hydrogen (secondary N) is 1. The number of nitrogens with zero attached hydrogens (tertiary/aromatic N) is 1. The highest BCUT2D eigenvalue weighted by atomic mass is 32.1. The molecular weight excluding hydrogens is 234 g/mol. The summed E-state index contributed by atoms with van der Waals surface area (Å²) < 4.78 is 0. The number of hydrogen-bond acceptors (Lipinski definition) is 3. The van der Waals surface area contributed by atoms with Gasteiger partial charge < -0.3 is 5.73 Å². The molecule has 1 heterocycles. The maximum absolute atomic E-state index is 12.3. The predicted octanol–water partition coefficient (Wildman–Crippen LogP) is 1.21. The third kappa shape index (κ3) is 2.45. The molecule has 1 amide bonds. The van der Waals surface area contributed by atoms with Gasteiger partial charge in [0, 0.05) is 13.1 Å². The van der Waals surface area contributed by atoms with E-state index in [1.807, 2.05) is 5.01 Å². The molecule has 0 radical (unpaired) electrons. The lowest BCUT2D eigenvalue weighted by Crippen LogP contribution is -2.59. The summed E-state index contributed by atoms with van der Waals surface area (Å²) in [5.41, 5.74) is 8.17. The molecule has 0 aromatic heterocycles. The number of hydrazine groups is 1. The first-order valence-electron chi connectivity index (χ1n) is 6.40. The van der Waals surface area contributed by atoms with Gasteiger partial charge in [-0.2, -0.15) is 0 Å². The van der Waals surface area contributed by atoms with Crippen molar-refractivity contribution in [2.75, 3.05) is 13.1 Å². The summed E-state index contributed by atoms with van der Waals surface area (Å²) in [6, 6.07) is 0. The fourth-order valence-corrected chi connectivity index (χ4v) is 3.14. The Bertz CT molecular complexity index is 320. The Kier molecular flexibility index (Phi) is 3.68. The minimum Gasteiger partial charge on any atom is -0.392 e. The van der Waals surface area contributed by atoms with E-state index in [0.717, 1.165) is 38.8 Å². The predicted molar refractivity (Wildman–Crippen MR) is 71.2 cm³/mol. The Labute approximate surface area is 108 Å². The molecule has 1 saturated carbocycles. The van der Waals surface area contributed by atoms with Crippen molar-refractivity contribution in [3.63, 3.8) is 0 Å². The van der Waals surface area contributed by atoms with Gasteiger partial charge in [-0.05, 0) is 31.6 Å². The van der Waals surface area contributed by atoms with Crippen LogP contribution in [0.25, 0.3) is 0 Å². The van der Waals surface area contributed by atoms with Gasteiger partial charge >= 0.3 is 0 Å². The standard InChI is InChI=1S/C12H21N3OS/c1-9-7-12(8-9,10(13)17)11(16)14-15-5-3-2-4-6-15/h9H,2-8H2,1H3,(H2,13,17)(H,14,16). The summed E-state index contributed by atoms with van der Waals surface area (Å²) in [6.45, 7) is 4.01. The van der Waals surface area contributed by atoms with Crippen LogP contribution in [0.5, 0.6) is 0 Å². The minimum atomic E-state index is -0.577. The van der Waals surface area contributed by atoms with E-state index in [1.54, 1.807) is 0 Å². The number of piperidine rings is 1. The fraction of sp³-hybridized carbons (Fsp3) is 0.833. The van der Waals surface area contributed by atoms with Gasteiger partial charge in [0.2, 0.25) is 5.91 Å². The van der Waals surface area contributed by atoms with Gasteiger partial charge in [-0.25, -0.2) is 5.01 Å². The molecule has 5 heteroatoms. The average molecular weight is 255 g/mol. The van der Waals surface area contributed by atoms with Crippen LogP contribution in [0.2, 0.25) is 0 Å². The van der Waals surface area contributed by atoms with E-state index in [4.69, 9.17) is 18.0 Å². The van der Waals surface area contributed by atoms with Crippen LogP contribution in [0, 0.1) is 11.3 Å². The number of nitrogens with two attached hydrogens (primary N) is 1. The minimum absolute atomic E-state index is 0.00463. The molecule has 3 N–H and O–H groups in total. The molecule has 96 valence electrons. The van der Waals surface area contributed by atoms with Crippen molar-refractivity contribution < 1.29 is 4.79 Å². The van der Waals surface area contributed by atoms with Crippen LogP contribution >= 0.6 is 12.2 Å². The second-order valence-corrected chi connectivity index (χ2v) is 5.89. The zero-order valence-corrected chi connectivity index (χ0v) is 11.2. The van der Waals surface area contributed by atoms with Gasteiger partial charge in [-0.15, -0.1) is 0 Å². The first kappa shape index (κ1) is 12.8. The molecule has 17 heavy (non-hydrogen) atoms. The molecule has 0 atom stereocenters. The lowest BCUT2D eigenvalue weighted by atomic mass is 9.62. The normalized spacial score (nSPS) is 33.8. The highest BCUT2D eigenvalue weighted by molar-refractivity contribution is 7.80. The third-order valence-corrected chi connectivity index (χ3v) is 4.31. The number of rotatable bonds is 3. The van der Waals surface area contributed by atoms with E-state index >= 15 is 0 Å². The molecule has 2 fully saturated rings. The molecule has 0 aromatic rings. The van der Waals surface area contributed by atoms with Gasteiger partial charge in [0.25, 0.3) is 0 Å². The highest BCUT2D eigenvalue weighted by Crippen LogP contribution is 2.46. The van der Waals surface area contributed by atoms with E-state index in [0.29, 0.717) is 10.9 Å². The van der Waals surface area contributed by atoms with E-state index in [2.05, 4.69) is 12.3 Å². The molecule has 2 aliphatic rings. The molecule has 1 saturated heterocycles. The lowest BCUT2D eigenvalue weighted by Gasteiger charge is -2.45. The Morgan fingerprint density at radius 2 is 1.94 bits per heavy atom. The topological polar surface area (TPSA) is 58.4 Å². The van der Waals surface area contributed by atoms with E-state index in [1.165, 1.54) is 6.42 Å². The SMILES string of the molecule is CC1CC(C(=O)NN2CCCCC2)(C(N)=S)C1. The van der Waals surface area contributed by atoms with Crippen LogP contribution in [-0.2, 0) is 4.79 Å². The summed E-state index contributed by atoms with van der Waals surface area (Å²) >= 11 is 5.08. The van der Waals surface area contributed by atoms with Crippen LogP contribution in [0.3, 0.4) is 0 Å². The quantitative estimate of drug-likeness (QED) is 0.744. The Hall–Kier alpha value is -0.680. The largest absolute Gasteiger partial charge is 0.392 e. The van der Waals surface area contributed by atoms with Crippen LogP contribution in [0.4, 0.5) is 0 Å². The molecule has 0 aromatic carbocycles. The second kappa shape index (κ2) is 4.90. The molecule has 0 spiro atoms. The monoisotopic (exact) mass is 255 g/mol. The van der Waals surface area contributed by atoms with Crippen molar-refractivity contribution in [2.45, 2.75) is 39.0 Å². The zero-order chi connectivity index (χ0) is 12.5. The number of thiocarbonyl (C=S) groups is 1. The maximum Gasteiger partial charge on any atom is 0.247 e. The Morgan fingerprint density at radius 1 is 1.35 bits per heavy atom. The van der Waals surface area contributed by atoms with Crippen molar-refractivity contribution in [1.82, 2.24) is 10.4 Å². The van der Waals surface area contributed by atoms with Crippen LogP contribution < -0.4 is 11.2 Å². The van der Waals surface area contributed by atoms with E-state index in [-0.39, 0.29) is 5.91 Å². The molecule has 2 rings (SSSR count). The second-order valence-electron chi connectivity index (χ2n) is 5.45. The van der Waals surface area contributed by atoms with Gasteiger partial charge in [0.1, 0.15) is 5.41 Å². The van der Waals surface area contributed by atoms with Crippen molar-refractivity contribution in [2.24, 2.45) is 17.1 Å². The van der Waals surface area contributed by atoms with Crippen LogP contribution in [-0.4, -0.2) is 29.0 Å². The fourth-order valence-electron chi connectivity index (χ4n) is 2.88. The molecule has 4 nitrogen and oxygen atoms in total. The summed E-state index contributed by atoms with van der Waals surface area (Å²) in [6.07, 6.45) is 5.14. The highest BCUT2D eigenvalue weighted by Gasteiger charge is 2.51. The summed E-state index contributed by atoms with van der Waals surface area (Å²) in [4.78, 5) is 12.6. The van der Waals surface area contributed by atoms with E-state index in [9.17, 15) is 4.79 Å². The molecule has 0 bridgehead atoms. The first-order valence-corrected chi connectivity index (χ1v) is 6.81. The summed E-state index contributed by atoms with van der Waals surface area (Å²) in [5, 5.41) is 2.01. The summed E-state index contributed by atoms with van der Waals surface area (Å²) in [7, 11) is 0. The lowest BCUT2D eigenvalue weighted by molar-refractivity contribution is -0.138. The molecule has 1 aliphatic heterocycles. The smallest absolute Gasteiger partial charge is 0.247 e. The van der Waals surface area contributed by atoms with Crippen molar-refractivity contribution in [3.8, 4) is 0 Å².